The summed E-state index contributed by atoms with van der Waals surface area (Å²) >= 11 is 0. The monoisotopic (exact) mass is 200 g/mol. The number of rotatable bonds is 1. The molecule has 0 aliphatic carbocycles. The third-order valence-corrected chi connectivity index (χ3v) is 1.80. The highest BCUT2D eigenvalue weighted by atomic mass is 19.4. The van der Waals surface area contributed by atoms with Gasteiger partial charge in [-0.2, -0.15) is 13.2 Å². The summed E-state index contributed by atoms with van der Waals surface area (Å²) in [5.74, 6) is 0. The van der Waals surface area contributed by atoms with E-state index >= 15 is 0 Å². The zero-order valence-electron chi connectivity index (χ0n) is 7.34. The Balaban J connectivity index is 3.25. The molecule has 0 aromatic carbocycles. The topological polar surface area (TPSA) is 17.2 Å². The van der Waals surface area contributed by atoms with Crippen molar-refractivity contribution in [2.45, 2.75) is 19.1 Å². The van der Waals surface area contributed by atoms with Gasteiger partial charge in [0.05, 0.1) is 11.1 Å². The highest BCUT2D eigenvalue weighted by molar-refractivity contribution is 5.30. The second-order valence-electron chi connectivity index (χ2n) is 2.77. The zero-order valence-corrected chi connectivity index (χ0v) is 7.34. The molecule has 5 heteroatoms. The van der Waals surface area contributed by atoms with E-state index in [-0.39, 0.29) is 5.56 Å². The Kier molecular flexibility index (Phi) is 2.75. The van der Waals surface area contributed by atoms with Crippen molar-refractivity contribution in [1.29, 1.82) is 0 Å². The fraction of sp³-hybridized carbons (Fsp3) is 0.333. The summed E-state index contributed by atoms with van der Waals surface area (Å²) in [6.45, 7) is 8.09. The minimum Gasteiger partial charge on any atom is -0.309 e. The van der Waals surface area contributed by atoms with Crippen LogP contribution in [0, 0.1) is 6.57 Å². The smallest absolute Gasteiger partial charge is 0.309 e. The first-order chi connectivity index (χ1) is 6.46. The Morgan fingerprint density at radius 2 is 2.14 bits per heavy atom. The molecule has 14 heavy (non-hydrogen) atoms. The van der Waals surface area contributed by atoms with Gasteiger partial charge in [-0.15, -0.1) is 0 Å². The minimum atomic E-state index is -4.42. The van der Waals surface area contributed by atoms with Crippen molar-refractivity contribution < 1.29 is 13.2 Å². The van der Waals surface area contributed by atoms with Crippen molar-refractivity contribution in [2.24, 2.45) is 0 Å². The predicted molar refractivity (Wildman–Crippen MR) is 44.3 cm³/mol. The maximum Gasteiger partial charge on any atom is 0.417 e. The van der Waals surface area contributed by atoms with Crippen LogP contribution in [0.1, 0.15) is 24.1 Å². The van der Waals surface area contributed by atoms with Gasteiger partial charge in [-0.25, -0.2) is 6.57 Å². The van der Waals surface area contributed by atoms with Crippen LogP contribution in [0.3, 0.4) is 0 Å². The first kappa shape index (κ1) is 10.5. The Labute approximate surface area is 79.2 Å². The first-order valence-electron chi connectivity index (χ1n) is 3.84. The summed E-state index contributed by atoms with van der Waals surface area (Å²) in [4.78, 5) is 6.63. The molecule has 0 radical (unpaired) electrons. The molecule has 2 nitrogen and oxygen atoms in total. The molecule has 0 amide bonds. The number of pyridine rings is 1. The molecule has 74 valence electrons. The van der Waals surface area contributed by atoms with Crippen molar-refractivity contribution in [2.75, 3.05) is 0 Å². The van der Waals surface area contributed by atoms with Gasteiger partial charge in [0.25, 0.3) is 0 Å². The van der Waals surface area contributed by atoms with E-state index in [1.807, 2.05) is 0 Å². The van der Waals surface area contributed by atoms with E-state index in [4.69, 9.17) is 6.57 Å². The highest BCUT2D eigenvalue weighted by Gasteiger charge is 2.35. The molecule has 0 saturated carbocycles. The molecule has 1 atom stereocenters. The van der Waals surface area contributed by atoms with Gasteiger partial charge in [0.1, 0.15) is 0 Å². The van der Waals surface area contributed by atoms with Crippen LogP contribution in [0.25, 0.3) is 4.85 Å². The molecule has 0 aliphatic rings. The van der Waals surface area contributed by atoms with Crippen LogP contribution in [0.4, 0.5) is 13.2 Å². The van der Waals surface area contributed by atoms with Crippen LogP contribution in [-0.2, 0) is 6.18 Å². The summed E-state index contributed by atoms with van der Waals surface area (Å²) in [6.07, 6.45) is -2.26. The minimum absolute atomic E-state index is 0.0741. The Hall–Kier alpha value is -1.57. The van der Waals surface area contributed by atoms with Crippen molar-refractivity contribution in [3.8, 4) is 0 Å². The van der Waals surface area contributed by atoms with E-state index in [0.717, 1.165) is 18.5 Å². The second-order valence-corrected chi connectivity index (χ2v) is 2.77. The van der Waals surface area contributed by atoms with E-state index in [0.29, 0.717) is 0 Å². The van der Waals surface area contributed by atoms with Gasteiger partial charge in [-0.05, 0) is 6.07 Å². The summed E-state index contributed by atoms with van der Waals surface area (Å²) in [7, 11) is 0. The molecule has 1 heterocycles. The van der Waals surface area contributed by atoms with Crippen LogP contribution >= 0.6 is 0 Å². The predicted octanol–water partition coefficient (Wildman–Crippen LogP) is 3.08. The molecule has 1 aromatic rings. The first-order valence-corrected chi connectivity index (χ1v) is 3.84. The molecule has 0 saturated heterocycles. The van der Waals surface area contributed by atoms with E-state index in [9.17, 15) is 13.2 Å². The Morgan fingerprint density at radius 1 is 1.50 bits per heavy atom. The van der Waals surface area contributed by atoms with Gasteiger partial charge in [0.15, 0.2) is 0 Å². The molecule has 1 rings (SSSR count). The van der Waals surface area contributed by atoms with Crippen LogP contribution < -0.4 is 0 Å². The largest absolute Gasteiger partial charge is 0.417 e. The summed E-state index contributed by atoms with van der Waals surface area (Å²) in [5, 5.41) is 0. The second kappa shape index (κ2) is 3.66. The lowest BCUT2D eigenvalue weighted by molar-refractivity contribution is -0.138. The van der Waals surface area contributed by atoms with Gasteiger partial charge >= 0.3 is 6.18 Å². The van der Waals surface area contributed by atoms with Crippen molar-refractivity contribution in [3.63, 3.8) is 0 Å². The summed E-state index contributed by atoms with van der Waals surface area (Å²) < 4.78 is 37.2. The average Bonchev–Trinajstić information content (AvgIpc) is 2.15. The lowest BCUT2D eigenvalue weighted by atomic mass is 10.0. The number of nitrogens with zero attached hydrogens (tertiary/aromatic N) is 2. The molecular weight excluding hydrogens is 193 g/mol. The average molecular weight is 200 g/mol. The third kappa shape index (κ3) is 2.02. The van der Waals surface area contributed by atoms with Crippen LogP contribution in [0.15, 0.2) is 18.5 Å². The highest BCUT2D eigenvalue weighted by Crippen LogP contribution is 2.34. The van der Waals surface area contributed by atoms with Gasteiger partial charge in [-0.3, -0.25) is 4.98 Å². The normalized spacial score (nSPS) is 13.4. The lowest BCUT2D eigenvalue weighted by Crippen LogP contribution is -2.10. The van der Waals surface area contributed by atoms with Crippen LogP contribution in [-0.4, -0.2) is 4.98 Å². The van der Waals surface area contributed by atoms with Gasteiger partial charge in [0, 0.05) is 19.3 Å². The number of halogens is 3. The van der Waals surface area contributed by atoms with E-state index < -0.39 is 17.8 Å². The SMILES string of the molecule is [C-]#[N+]C(C)c1cnccc1C(F)(F)F. The van der Waals surface area contributed by atoms with E-state index in [2.05, 4.69) is 9.83 Å². The Bertz CT molecular complexity index is 365. The maximum atomic E-state index is 12.4. The molecule has 1 aromatic heterocycles. The number of hydrogen-bond donors (Lipinski definition) is 0. The molecule has 0 bridgehead atoms. The van der Waals surface area contributed by atoms with Crippen LogP contribution in [0.5, 0.6) is 0 Å². The molecular formula is C9H7F3N2. The fourth-order valence-corrected chi connectivity index (χ4v) is 1.07. The number of aromatic nitrogens is 1. The van der Waals surface area contributed by atoms with Crippen molar-refractivity contribution in [3.05, 3.63) is 41.0 Å². The summed E-state index contributed by atoms with van der Waals surface area (Å²) in [5.41, 5.74) is -0.856. The molecule has 0 aliphatic heterocycles. The standard InChI is InChI=1S/C9H7F3N2/c1-6(13-2)7-5-14-4-3-8(7)9(10,11)12/h3-6H,1H3. The van der Waals surface area contributed by atoms with Crippen molar-refractivity contribution in [1.82, 2.24) is 4.98 Å². The van der Waals surface area contributed by atoms with E-state index in [1.165, 1.54) is 6.92 Å². The molecule has 0 N–H and O–H groups in total. The molecule has 0 spiro atoms. The van der Waals surface area contributed by atoms with Gasteiger partial charge < -0.3 is 4.85 Å². The molecule has 1 unspecified atom stereocenters. The maximum absolute atomic E-state index is 12.4. The molecule has 0 fully saturated rings. The number of alkyl halides is 3. The van der Waals surface area contributed by atoms with Gasteiger partial charge in [0.2, 0.25) is 6.04 Å². The zero-order chi connectivity index (χ0) is 10.8. The summed E-state index contributed by atoms with van der Waals surface area (Å²) in [6, 6.07) is 0.0668. The van der Waals surface area contributed by atoms with Gasteiger partial charge in [-0.1, -0.05) is 0 Å². The van der Waals surface area contributed by atoms with Crippen molar-refractivity contribution >= 4 is 0 Å². The van der Waals surface area contributed by atoms with E-state index in [1.54, 1.807) is 0 Å². The fourth-order valence-electron chi connectivity index (χ4n) is 1.07. The number of hydrogen-bond acceptors (Lipinski definition) is 1. The lowest BCUT2D eigenvalue weighted by Gasteiger charge is -2.10. The van der Waals surface area contributed by atoms with Crippen LogP contribution in [0.2, 0.25) is 0 Å². The quantitative estimate of drug-likeness (QED) is 0.637. The third-order valence-electron chi connectivity index (χ3n) is 1.80. The Morgan fingerprint density at radius 3 is 2.64 bits per heavy atom.